The van der Waals surface area contributed by atoms with E-state index in [1.165, 1.54) is 25.7 Å². The van der Waals surface area contributed by atoms with E-state index < -0.39 is 0 Å². The van der Waals surface area contributed by atoms with Crippen molar-refractivity contribution in [1.29, 1.82) is 0 Å². The monoisotopic (exact) mass is 381 g/mol. The molecule has 28 heavy (non-hydrogen) atoms. The van der Waals surface area contributed by atoms with Gasteiger partial charge in [0.15, 0.2) is 5.96 Å². The fourth-order valence-corrected chi connectivity index (χ4v) is 4.22. The molecule has 1 aromatic heterocycles. The first-order valence-electron chi connectivity index (χ1n) is 10.5. The lowest BCUT2D eigenvalue weighted by molar-refractivity contribution is 0.129. The van der Waals surface area contributed by atoms with Crippen LogP contribution in [0.25, 0.3) is 0 Å². The Hall–Kier alpha value is -2.50. The van der Waals surface area contributed by atoms with Gasteiger partial charge in [-0.1, -0.05) is 31.0 Å². The first-order valence-corrected chi connectivity index (χ1v) is 10.5. The molecule has 1 aliphatic carbocycles. The summed E-state index contributed by atoms with van der Waals surface area (Å²) in [6.07, 6.45) is 9.59. The van der Waals surface area contributed by atoms with E-state index in [1.807, 2.05) is 37.4 Å². The van der Waals surface area contributed by atoms with E-state index in [4.69, 9.17) is 9.84 Å². The topological polar surface area (TPSA) is 54.7 Å². The van der Waals surface area contributed by atoms with Gasteiger partial charge in [-0.15, -0.1) is 0 Å². The van der Waals surface area contributed by atoms with Crippen molar-refractivity contribution < 1.29 is 4.74 Å². The third-order valence-electron chi connectivity index (χ3n) is 5.79. The molecule has 0 atom stereocenters. The van der Waals surface area contributed by atoms with Gasteiger partial charge in [0.2, 0.25) is 0 Å². The van der Waals surface area contributed by atoms with Crippen LogP contribution < -0.4 is 10.1 Å². The minimum Gasteiger partial charge on any atom is -0.490 e. The van der Waals surface area contributed by atoms with Crippen molar-refractivity contribution in [2.24, 2.45) is 4.99 Å². The number of hydrogen-bond donors (Lipinski definition) is 1. The molecule has 0 unspecified atom stereocenters. The van der Waals surface area contributed by atoms with Gasteiger partial charge in [0.1, 0.15) is 11.9 Å². The van der Waals surface area contributed by atoms with E-state index >= 15 is 0 Å². The summed E-state index contributed by atoms with van der Waals surface area (Å²) in [5.41, 5.74) is 1.08. The molecule has 0 amide bonds. The van der Waals surface area contributed by atoms with Gasteiger partial charge in [0, 0.05) is 39.2 Å². The molecule has 6 nitrogen and oxygen atoms in total. The molecule has 2 heterocycles. The van der Waals surface area contributed by atoms with Crippen molar-refractivity contribution in [1.82, 2.24) is 20.0 Å². The van der Waals surface area contributed by atoms with Crippen LogP contribution in [0.3, 0.4) is 0 Å². The van der Waals surface area contributed by atoms with Gasteiger partial charge in [-0.3, -0.25) is 9.67 Å². The highest BCUT2D eigenvalue weighted by molar-refractivity contribution is 5.79. The van der Waals surface area contributed by atoms with Gasteiger partial charge >= 0.3 is 0 Å². The van der Waals surface area contributed by atoms with E-state index in [0.717, 1.165) is 43.3 Å². The Balaban J connectivity index is 1.25. The predicted octanol–water partition coefficient (Wildman–Crippen LogP) is 3.62. The summed E-state index contributed by atoms with van der Waals surface area (Å²) in [6.45, 7) is 2.62. The van der Waals surface area contributed by atoms with Crippen molar-refractivity contribution in [3.8, 4) is 5.75 Å². The molecule has 4 rings (SSSR count). The second-order valence-corrected chi connectivity index (χ2v) is 7.74. The molecular weight excluding hydrogens is 350 g/mol. The van der Waals surface area contributed by atoms with Gasteiger partial charge < -0.3 is 15.0 Å². The Morgan fingerprint density at radius 1 is 1.11 bits per heavy atom. The Morgan fingerprint density at radius 2 is 1.86 bits per heavy atom. The maximum Gasteiger partial charge on any atom is 0.193 e. The number of hydrogen-bond acceptors (Lipinski definition) is 3. The van der Waals surface area contributed by atoms with Crippen LogP contribution in [0.2, 0.25) is 0 Å². The second-order valence-electron chi connectivity index (χ2n) is 7.74. The first kappa shape index (κ1) is 18.8. The largest absolute Gasteiger partial charge is 0.490 e. The average Bonchev–Trinajstić information content (AvgIpc) is 3.42. The molecule has 0 bridgehead atoms. The number of piperidine rings is 1. The number of rotatable bonds is 5. The fourth-order valence-electron chi connectivity index (χ4n) is 4.22. The molecule has 2 aliphatic rings. The van der Waals surface area contributed by atoms with Crippen LogP contribution in [0.5, 0.6) is 5.75 Å². The fraction of sp³-hybridized carbons (Fsp3) is 0.545. The number of para-hydroxylation sites is 1. The Bertz CT molecular complexity index is 758. The van der Waals surface area contributed by atoms with Crippen LogP contribution >= 0.6 is 0 Å². The van der Waals surface area contributed by atoms with Crippen molar-refractivity contribution in [3.63, 3.8) is 0 Å². The molecule has 6 heteroatoms. The number of likely N-dealkylation sites (tertiary alicyclic amines) is 1. The molecule has 1 N–H and O–H groups in total. The smallest absolute Gasteiger partial charge is 0.193 e. The van der Waals surface area contributed by atoms with Gasteiger partial charge in [-0.2, -0.15) is 5.10 Å². The summed E-state index contributed by atoms with van der Waals surface area (Å²) >= 11 is 0. The normalized spacial score (nSPS) is 19.2. The number of aromatic nitrogens is 2. The summed E-state index contributed by atoms with van der Waals surface area (Å²) < 4.78 is 8.25. The standard InChI is InChI=1S/C22H31N5O/c1-23-22(24-17-18-11-16-27(25-18)19-7-5-6-8-19)26-14-12-21(13-15-26)28-20-9-3-2-4-10-20/h2-4,9-11,16,19,21H,5-8,12-15,17H2,1H3,(H,23,24). The Labute approximate surface area is 167 Å². The zero-order chi connectivity index (χ0) is 19.2. The minimum atomic E-state index is 0.277. The Morgan fingerprint density at radius 3 is 2.57 bits per heavy atom. The van der Waals surface area contributed by atoms with E-state index in [-0.39, 0.29) is 6.10 Å². The third-order valence-corrected chi connectivity index (χ3v) is 5.79. The quantitative estimate of drug-likeness (QED) is 0.635. The minimum absolute atomic E-state index is 0.277. The van der Waals surface area contributed by atoms with Gasteiger partial charge in [-0.05, 0) is 31.0 Å². The van der Waals surface area contributed by atoms with Crippen molar-refractivity contribution in [3.05, 3.63) is 48.3 Å². The zero-order valence-corrected chi connectivity index (χ0v) is 16.8. The molecule has 1 saturated carbocycles. The van der Waals surface area contributed by atoms with Crippen LogP contribution in [0, 0.1) is 0 Å². The van der Waals surface area contributed by atoms with Crippen molar-refractivity contribution >= 4 is 5.96 Å². The maximum absolute atomic E-state index is 6.10. The third kappa shape index (κ3) is 4.66. The van der Waals surface area contributed by atoms with E-state index in [1.54, 1.807) is 0 Å². The maximum atomic E-state index is 6.10. The molecule has 0 spiro atoms. The zero-order valence-electron chi connectivity index (χ0n) is 16.8. The Kier molecular flexibility index (Phi) is 6.14. The van der Waals surface area contributed by atoms with Gasteiger partial charge in [-0.25, -0.2) is 0 Å². The lowest BCUT2D eigenvalue weighted by Crippen LogP contribution is -2.47. The summed E-state index contributed by atoms with van der Waals surface area (Å²) in [6, 6.07) is 12.8. The molecule has 1 aliphatic heterocycles. The summed E-state index contributed by atoms with van der Waals surface area (Å²) in [5.74, 6) is 1.91. The molecule has 1 saturated heterocycles. The molecule has 1 aromatic carbocycles. The van der Waals surface area contributed by atoms with Crippen LogP contribution in [-0.4, -0.2) is 46.9 Å². The van der Waals surface area contributed by atoms with Crippen LogP contribution in [0.4, 0.5) is 0 Å². The number of benzene rings is 1. The van der Waals surface area contributed by atoms with E-state index in [9.17, 15) is 0 Å². The van der Waals surface area contributed by atoms with Crippen molar-refractivity contribution in [2.45, 2.75) is 57.2 Å². The average molecular weight is 382 g/mol. The van der Waals surface area contributed by atoms with E-state index in [2.05, 4.69) is 32.2 Å². The molecule has 2 fully saturated rings. The number of guanidine groups is 1. The molecular formula is C22H31N5O. The lowest BCUT2D eigenvalue weighted by Gasteiger charge is -2.34. The lowest BCUT2D eigenvalue weighted by atomic mass is 10.1. The molecule has 2 aromatic rings. The second kappa shape index (κ2) is 9.13. The number of nitrogens with zero attached hydrogens (tertiary/aromatic N) is 4. The van der Waals surface area contributed by atoms with Crippen LogP contribution in [0.1, 0.15) is 50.3 Å². The predicted molar refractivity (Wildman–Crippen MR) is 112 cm³/mol. The summed E-state index contributed by atoms with van der Waals surface area (Å²) in [4.78, 5) is 6.79. The van der Waals surface area contributed by atoms with Gasteiger partial charge in [0.25, 0.3) is 0 Å². The highest BCUT2D eigenvalue weighted by Crippen LogP contribution is 2.28. The number of aliphatic imine (C=N–C) groups is 1. The molecule has 0 radical (unpaired) electrons. The SMILES string of the molecule is CN=C(NCc1ccn(C2CCCC2)n1)N1CCC(Oc2ccccc2)CC1. The van der Waals surface area contributed by atoms with E-state index in [0.29, 0.717) is 12.6 Å². The molecule has 150 valence electrons. The van der Waals surface area contributed by atoms with Crippen LogP contribution in [0.15, 0.2) is 47.6 Å². The summed E-state index contributed by atoms with van der Waals surface area (Å²) in [5, 5.41) is 8.25. The highest BCUT2D eigenvalue weighted by Gasteiger charge is 2.23. The number of ether oxygens (including phenoxy) is 1. The summed E-state index contributed by atoms with van der Waals surface area (Å²) in [7, 11) is 1.85. The van der Waals surface area contributed by atoms with Crippen LogP contribution in [-0.2, 0) is 6.54 Å². The highest BCUT2D eigenvalue weighted by atomic mass is 16.5. The first-order chi connectivity index (χ1) is 13.8. The number of nitrogens with one attached hydrogen (secondary N) is 1. The van der Waals surface area contributed by atoms with Gasteiger partial charge in [0.05, 0.1) is 18.3 Å². The van der Waals surface area contributed by atoms with Crippen molar-refractivity contribution in [2.75, 3.05) is 20.1 Å².